The van der Waals surface area contributed by atoms with Crippen LogP contribution in [0.25, 0.3) is 0 Å². The molecule has 1 saturated heterocycles. The molecule has 1 heterocycles. The second-order valence-corrected chi connectivity index (χ2v) is 7.27. The van der Waals surface area contributed by atoms with Gasteiger partial charge in [-0.2, -0.15) is 0 Å². The zero-order valence-electron chi connectivity index (χ0n) is 15.4. The van der Waals surface area contributed by atoms with E-state index in [1.54, 1.807) is 0 Å². The van der Waals surface area contributed by atoms with Crippen LogP contribution in [0, 0.1) is 5.92 Å². The van der Waals surface area contributed by atoms with Gasteiger partial charge in [-0.3, -0.25) is 9.59 Å². The maximum absolute atomic E-state index is 13.0. The molecule has 5 heteroatoms. The van der Waals surface area contributed by atoms with Crippen LogP contribution < -0.4 is 10.1 Å². The molecule has 2 amide bonds. The second kappa shape index (κ2) is 7.43. The number of carbonyl (C=O) groups excluding carboxylic acids is 2. The highest BCUT2D eigenvalue weighted by Crippen LogP contribution is 2.38. The molecule has 1 aliphatic heterocycles. The topological polar surface area (TPSA) is 58.6 Å². The average molecular weight is 364 g/mol. The SMILES string of the molecule is CCOc1ccc(C(=O)N2C[C@@H]3C[C@H](NC(=O)c4ccccc4)[C@H]2C3)cc1. The van der Waals surface area contributed by atoms with E-state index < -0.39 is 0 Å². The van der Waals surface area contributed by atoms with Crippen LogP contribution in [-0.4, -0.2) is 41.9 Å². The van der Waals surface area contributed by atoms with E-state index in [-0.39, 0.29) is 23.9 Å². The Hall–Kier alpha value is -2.82. The van der Waals surface area contributed by atoms with E-state index in [1.807, 2.05) is 66.4 Å². The van der Waals surface area contributed by atoms with Crippen molar-refractivity contribution in [3.63, 3.8) is 0 Å². The zero-order chi connectivity index (χ0) is 18.8. The molecule has 0 aromatic heterocycles. The van der Waals surface area contributed by atoms with Crippen molar-refractivity contribution in [2.75, 3.05) is 13.2 Å². The molecule has 0 radical (unpaired) electrons. The summed E-state index contributed by atoms with van der Waals surface area (Å²) in [7, 11) is 0. The molecule has 4 rings (SSSR count). The summed E-state index contributed by atoms with van der Waals surface area (Å²) >= 11 is 0. The molecule has 5 nitrogen and oxygen atoms in total. The lowest BCUT2D eigenvalue weighted by Gasteiger charge is -2.34. The van der Waals surface area contributed by atoms with Gasteiger partial charge in [0.25, 0.3) is 11.8 Å². The van der Waals surface area contributed by atoms with Gasteiger partial charge in [-0.1, -0.05) is 18.2 Å². The minimum atomic E-state index is -0.0679. The smallest absolute Gasteiger partial charge is 0.254 e. The van der Waals surface area contributed by atoms with Crippen molar-refractivity contribution in [2.45, 2.75) is 31.8 Å². The predicted molar refractivity (Wildman–Crippen MR) is 103 cm³/mol. The molecule has 2 aliphatic rings. The number of amides is 2. The molecule has 27 heavy (non-hydrogen) atoms. The van der Waals surface area contributed by atoms with E-state index in [9.17, 15) is 9.59 Å². The van der Waals surface area contributed by atoms with E-state index in [0.29, 0.717) is 23.7 Å². The van der Waals surface area contributed by atoms with Crippen LogP contribution in [0.4, 0.5) is 0 Å². The molecular formula is C22H24N2O3. The Balaban J connectivity index is 1.44. The Morgan fingerprint density at radius 2 is 1.78 bits per heavy atom. The normalized spacial score (nSPS) is 23.3. The van der Waals surface area contributed by atoms with E-state index in [0.717, 1.165) is 25.1 Å². The number of piperidine rings is 1. The van der Waals surface area contributed by atoms with Crippen LogP contribution >= 0.6 is 0 Å². The number of ether oxygens (including phenoxy) is 1. The van der Waals surface area contributed by atoms with Gasteiger partial charge in [0.1, 0.15) is 5.75 Å². The van der Waals surface area contributed by atoms with E-state index in [1.165, 1.54) is 0 Å². The van der Waals surface area contributed by atoms with Crippen LogP contribution in [0.15, 0.2) is 54.6 Å². The number of fused-ring (bicyclic) bond motifs is 2. The van der Waals surface area contributed by atoms with Crippen molar-refractivity contribution >= 4 is 11.8 Å². The summed E-state index contributed by atoms with van der Waals surface area (Å²) < 4.78 is 5.45. The van der Waals surface area contributed by atoms with Gasteiger partial charge in [0.2, 0.25) is 0 Å². The third-order valence-electron chi connectivity index (χ3n) is 5.51. The van der Waals surface area contributed by atoms with Gasteiger partial charge in [-0.05, 0) is 62.1 Å². The molecule has 2 bridgehead atoms. The number of hydrogen-bond donors (Lipinski definition) is 1. The maximum atomic E-state index is 13.0. The van der Waals surface area contributed by atoms with Crippen molar-refractivity contribution in [1.29, 1.82) is 0 Å². The van der Waals surface area contributed by atoms with Crippen LogP contribution in [0.3, 0.4) is 0 Å². The summed E-state index contributed by atoms with van der Waals surface area (Å²) in [6.07, 6.45) is 1.90. The summed E-state index contributed by atoms with van der Waals surface area (Å²) in [5.74, 6) is 1.19. The van der Waals surface area contributed by atoms with Crippen molar-refractivity contribution < 1.29 is 14.3 Å². The van der Waals surface area contributed by atoms with Gasteiger partial charge < -0.3 is 15.0 Å². The number of rotatable bonds is 5. The molecule has 2 aromatic rings. The fourth-order valence-electron chi connectivity index (χ4n) is 4.28. The highest BCUT2D eigenvalue weighted by molar-refractivity contribution is 5.96. The molecule has 2 fully saturated rings. The average Bonchev–Trinajstić information content (AvgIpc) is 3.29. The van der Waals surface area contributed by atoms with Crippen LogP contribution in [-0.2, 0) is 0 Å². The van der Waals surface area contributed by atoms with Gasteiger partial charge in [0.05, 0.1) is 12.6 Å². The van der Waals surface area contributed by atoms with Crippen molar-refractivity contribution in [2.24, 2.45) is 5.92 Å². The quantitative estimate of drug-likeness (QED) is 0.887. The number of carbonyl (C=O) groups is 2. The monoisotopic (exact) mass is 364 g/mol. The van der Waals surface area contributed by atoms with Gasteiger partial charge in [-0.25, -0.2) is 0 Å². The Morgan fingerprint density at radius 3 is 2.44 bits per heavy atom. The highest BCUT2D eigenvalue weighted by atomic mass is 16.5. The minimum Gasteiger partial charge on any atom is -0.494 e. The summed E-state index contributed by atoms with van der Waals surface area (Å²) in [4.78, 5) is 27.4. The lowest BCUT2D eigenvalue weighted by Crippen LogP contribution is -2.51. The number of benzene rings is 2. The van der Waals surface area contributed by atoms with Crippen molar-refractivity contribution in [3.8, 4) is 5.75 Å². The van der Waals surface area contributed by atoms with Gasteiger partial charge in [0.15, 0.2) is 0 Å². The third-order valence-corrected chi connectivity index (χ3v) is 5.51. The fraction of sp³-hybridized carbons (Fsp3) is 0.364. The molecule has 1 N–H and O–H groups in total. The first kappa shape index (κ1) is 17.6. The number of nitrogens with zero attached hydrogens (tertiary/aromatic N) is 1. The summed E-state index contributed by atoms with van der Waals surface area (Å²) in [6.45, 7) is 3.31. The lowest BCUT2D eigenvalue weighted by molar-refractivity contribution is 0.0648. The number of hydrogen-bond acceptors (Lipinski definition) is 3. The largest absolute Gasteiger partial charge is 0.494 e. The van der Waals surface area contributed by atoms with Gasteiger partial charge in [-0.15, -0.1) is 0 Å². The first-order valence-electron chi connectivity index (χ1n) is 9.55. The second-order valence-electron chi connectivity index (χ2n) is 7.27. The Bertz CT molecular complexity index is 819. The molecule has 2 aromatic carbocycles. The standard InChI is InChI=1S/C22H24N2O3/c1-2-27-18-10-8-17(9-11-18)22(26)24-14-15-12-19(20(24)13-15)23-21(25)16-6-4-3-5-7-16/h3-11,15,19-20H,2,12-14H2,1H3,(H,23,25)/t15-,19+,20-/m1/s1. The molecule has 3 atom stereocenters. The van der Waals surface area contributed by atoms with Crippen LogP contribution in [0.1, 0.15) is 40.5 Å². The Morgan fingerprint density at radius 1 is 1.04 bits per heavy atom. The Kier molecular flexibility index (Phi) is 4.84. The molecule has 140 valence electrons. The zero-order valence-corrected chi connectivity index (χ0v) is 15.4. The summed E-state index contributed by atoms with van der Waals surface area (Å²) in [5, 5.41) is 3.14. The van der Waals surface area contributed by atoms with E-state index >= 15 is 0 Å². The first-order valence-corrected chi connectivity index (χ1v) is 9.55. The fourth-order valence-corrected chi connectivity index (χ4v) is 4.28. The third kappa shape index (κ3) is 3.54. The molecule has 0 unspecified atom stereocenters. The maximum Gasteiger partial charge on any atom is 0.254 e. The summed E-state index contributed by atoms with van der Waals surface area (Å²) in [6, 6.07) is 16.6. The Labute approximate surface area is 159 Å². The number of nitrogens with one attached hydrogen (secondary N) is 1. The van der Waals surface area contributed by atoms with Crippen molar-refractivity contribution in [1.82, 2.24) is 10.2 Å². The first-order chi connectivity index (χ1) is 13.2. The van der Waals surface area contributed by atoms with E-state index in [2.05, 4.69) is 5.32 Å². The minimum absolute atomic E-state index is 0.0168. The van der Waals surface area contributed by atoms with Gasteiger partial charge >= 0.3 is 0 Å². The van der Waals surface area contributed by atoms with Crippen LogP contribution in [0.5, 0.6) is 5.75 Å². The predicted octanol–water partition coefficient (Wildman–Crippen LogP) is 3.12. The van der Waals surface area contributed by atoms with E-state index in [4.69, 9.17) is 4.74 Å². The lowest BCUT2D eigenvalue weighted by atomic mass is 10.0. The van der Waals surface area contributed by atoms with Gasteiger partial charge in [0, 0.05) is 23.7 Å². The molecule has 0 spiro atoms. The number of likely N-dealkylation sites (tertiary alicyclic amines) is 1. The molecule has 1 saturated carbocycles. The van der Waals surface area contributed by atoms with Crippen molar-refractivity contribution in [3.05, 3.63) is 65.7 Å². The molecular weight excluding hydrogens is 340 g/mol. The summed E-state index contributed by atoms with van der Waals surface area (Å²) in [5.41, 5.74) is 1.32. The van der Waals surface area contributed by atoms with Crippen LogP contribution in [0.2, 0.25) is 0 Å². The highest BCUT2D eigenvalue weighted by Gasteiger charge is 2.47. The molecule has 1 aliphatic carbocycles.